The molecule has 0 spiro atoms. The van der Waals surface area contributed by atoms with Gasteiger partial charge in [-0.2, -0.15) is 0 Å². The summed E-state index contributed by atoms with van der Waals surface area (Å²) in [5.74, 6) is 0.539. The van der Waals surface area contributed by atoms with Gasteiger partial charge in [0.2, 0.25) is 5.91 Å². The predicted octanol–water partition coefficient (Wildman–Crippen LogP) is 2.83. The highest BCUT2D eigenvalue weighted by Gasteiger charge is 2.23. The second kappa shape index (κ2) is 9.09. The van der Waals surface area contributed by atoms with Crippen LogP contribution in [0.4, 0.5) is 5.69 Å². The van der Waals surface area contributed by atoms with E-state index in [0.717, 1.165) is 5.56 Å². The molecule has 7 nitrogen and oxygen atoms in total. The maximum absolute atomic E-state index is 13.0. The van der Waals surface area contributed by atoms with Gasteiger partial charge in [-0.15, -0.1) is 0 Å². The van der Waals surface area contributed by atoms with Gasteiger partial charge in [0.15, 0.2) is 11.5 Å². The summed E-state index contributed by atoms with van der Waals surface area (Å²) in [7, 11) is 0. The molecule has 1 aliphatic rings. The minimum atomic E-state index is -0.770. The van der Waals surface area contributed by atoms with E-state index >= 15 is 0 Å². The summed E-state index contributed by atoms with van der Waals surface area (Å²) >= 11 is 0. The molecule has 2 heterocycles. The average molecular weight is 403 g/mol. The van der Waals surface area contributed by atoms with Gasteiger partial charge in [0.25, 0.3) is 5.91 Å². The first kappa shape index (κ1) is 19.4. The number of hydrogen-bond acceptors (Lipinski definition) is 5. The molecule has 7 heteroatoms. The summed E-state index contributed by atoms with van der Waals surface area (Å²) in [5, 5.41) is 5.68. The lowest BCUT2D eigenvalue weighted by molar-refractivity contribution is -0.118. The fourth-order valence-corrected chi connectivity index (χ4v) is 3.15. The van der Waals surface area contributed by atoms with Gasteiger partial charge in [0, 0.05) is 30.6 Å². The Hall–Kier alpha value is -3.87. The number of nitrogens with one attached hydrogen (secondary N) is 2. The van der Waals surface area contributed by atoms with Crippen molar-refractivity contribution in [3.05, 3.63) is 84.2 Å². The molecule has 0 saturated carbocycles. The summed E-state index contributed by atoms with van der Waals surface area (Å²) in [5.41, 5.74) is 1.90. The van der Waals surface area contributed by atoms with Crippen LogP contribution in [0.25, 0.3) is 0 Å². The van der Waals surface area contributed by atoms with Crippen molar-refractivity contribution in [2.45, 2.75) is 12.5 Å². The molecule has 1 aromatic heterocycles. The Morgan fingerprint density at radius 3 is 2.53 bits per heavy atom. The summed E-state index contributed by atoms with van der Waals surface area (Å²) in [6, 6.07) is 17.3. The number of rotatable bonds is 6. The number of ether oxygens (including phenoxy) is 2. The molecule has 0 radical (unpaired) electrons. The highest BCUT2D eigenvalue weighted by atomic mass is 16.6. The van der Waals surface area contributed by atoms with Crippen molar-refractivity contribution in [2.75, 3.05) is 18.5 Å². The largest absolute Gasteiger partial charge is 0.486 e. The summed E-state index contributed by atoms with van der Waals surface area (Å²) in [6.45, 7) is 0.959. The first-order valence-electron chi connectivity index (χ1n) is 9.64. The Balaban J connectivity index is 1.52. The van der Waals surface area contributed by atoms with Crippen LogP contribution < -0.4 is 20.1 Å². The SMILES string of the molecule is O=C(N[C@@H](Cc1ccccc1)C(=O)Nc1ccc2c(c1)OCCO2)c1cccnc1. The van der Waals surface area contributed by atoms with Crippen LogP contribution in [0.3, 0.4) is 0 Å². The minimum absolute atomic E-state index is 0.326. The lowest BCUT2D eigenvalue weighted by Crippen LogP contribution is -2.45. The third kappa shape index (κ3) is 4.75. The monoisotopic (exact) mass is 403 g/mol. The van der Waals surface area contributed by atoms with Crippen molar-refractivity contribution in [2.24, 2.45) is 0 Å². The molecule has 2 N–H and O–H groups in total. The highest BCUT2D eigenvalue weighted by Crippen LogP contribution is 2.32. The normalized spacial score (nSPS) is 13.2. The molecule has 1 aliphatic heterocycles. The Morgan fingerprint density at radius 1 is 0.967 bits per heavy atom. The number of anilines is 1. The number of fused-ring (bicyclic) bond motifs is 1. The van der Waals surface area contributed by atoms with Crippen LogP contribution in [0.5, 0.6) is 11.5 Å². The van der Waals surface area contributed by atoms with Crippen molar-refractivity contribution >= 4 is 17.5 Å². The number of carbonyl (C=O) groups excluding carboxylic acids is 2. The van der Waals surface area contributed by atoms with Gasteiger partial charge in [0.1, 0.15) is 19.3 Å². The predicted molar refractivity (Wildman–Crippen MR) is 112 cm³/mol. The quantitative estimate of drug-likeness (QED) is 0.661. The average Bonchev–Trinajstić information content (AvgIpc) is 2.80. The molecule has 2 aromatic carbocycles. The van der Waals surface area contributed by atoms with E-state index in [1.54, 1.807) is 36.5 Å². The summed E-state index contributed by atoms with van der Waals surface area (Å²) < 4.78 is 11.1. The Kier molecular flexibility index (Phi) is 5.89. The molecule has 152 valence electrons. The van der Waals surface area contributed by atoms with Crippen molar-refractivity contribution in [3.8, 4) is 11.5 Å². The van der Waals surface area contributed by atoms with Crippen molar-refractivity contribution in [1.82, 2.24) is 10.3 Å². The Labute approximate surface area is 174 Å². The van der Waals surface area contributed by atoms with Crippen LogP contribution in [-0.2, 0) is 11.2 Å². The Bertz CT molecular complexity index is 1030. The maximum atomic E-state index is 13.0. The minimum Gasteiger partial charge on any atom is -0.486 e. The fraction of sp³-hybridized carbons (Fsp3) is 0.174. The van der Waals surface area contributed by atoms with E-state index in [2.05, 4.69) is 15.6 Å². The lowest BCUT2D eigenvalue weighted by Gasteiger charge is -2.21. The van der Waals surface area contributed by atoms with Crippen LogP contribution in [-0.4, -0.2) is 36.1 Å². The zero-order chi connectivity index (χ0) is 20.8. The van der Waals surface area contributed by atoms with Crippen molar-refractivity contribution < 1.29 is 19.1 Å². The molecular weight excluding hydrogens is 382 g/mol. The van der Waals surface area contributed by atoms with E-state index in [-0.39, 0.29) is 11.8 Å². The number of carbonyl (C=O) groups is 2. The van der Waals surface area contributed by atoms with E-state index in [4.69, 9.17) is 9.47 Å². The molecule has 3 aromatic rings. The molecule has 1 atom stereocenters. The fourth-order valence-electron chi connectivity index (χ4n) is 3.15. The van der Waals surface area contributed by atoms with Crippen LogP contribution >= 0.6 is 0 Å². The molecule has 30 heavy (non-hydrogen) atoms. The number of amides is 2. The molecular formula is C23H21N3O4. The lowest BCUT2D eigenvalue weighted by atomic mass is 10.0. The van der Waals surface area contributed by atoms with E-state index < -0.39 is 6.04 Å². The zero-order valence-corrected chi connectivity index (χ0v) is 16.2. The van der Waals surface area contributed by atoms with Gasteiger partial charge in [0.05, 0.1) is 5.56 Å². The summed E-state index contributed by atoms with van der Waals surface area (Å²) in [4.78, 5) is 29.6. The smallest absolute Gasteiger partial charge is 0.253 e. The van der Waals surface area contributed by atoms with Crippen molar-refractivity contribution in [1.29, 1.82) is 0 Å². The molecule has 2 amide bonds. The second-order valence-corrected chi connectivity index (χ2v) is 6.81. The van der Waals surface area contributed by atoms with Crippen LogP contribution in [0, 0.1) is 0 Å². The number of aromatic nitrogens is 1. The third-order valence-electron chi connectivity index (χ3n) is 4.64. The molecule has 0 bridgehead atoms. The van der Waals surface area contributed by atoms with E-state index in [9.17, 15) is 9.59 Å². The van der Waals surface area contributed by atoms with Crippen LogP contribution in [0.2, 0.25) is 0 Å². The standard InChI is InChI=1S/C23H21N3O4/c27-22(17-7-4-10-24-15-17)26-19(13-16-5-2-1-3-6-16)23(28)25-18-8-9-20-21(14-18)30-12-11-29-20/h1-10,14-15,19H,11-13H2,(H,25,28)(H,26,27)/t19-/m0/s1. The third-order valence-corrected chi connectivity index (χ3v) is 4.64. The molecule has 4 rings (SSSR count). The summed E-state index contributed by atoms with van der Waals surface area (Å²) in [6.07, 6.45) is 3.41. The second-order valence-electron chi connectivity index (χ2n) is 6.81. The number of benzene rings is 2. The zero-order valence-electron chi connectivity index (χ0n) is 16.2. The topological polar surface area (TPSA) is 89.6 Å². The van der Waals surface area contributed by atoms with Gasteiger partial charge in [-0.1, -0.05) is 30.3 Å². The van der Waals surface area contributed by atoms with E-state index in [1.165, 1.54) is 6.20 Å². The van der Waals surface area contributed by atoms with E-state index in [1.807, 2.05) is 30.3 Å². The molecule has 0 aliphatic carbocycles. The van der Waals surface area contributed by atoms with E-state index in [0.29, 0.717) is 42.4 Å². The number of nitrogens with zero attached hydrogens (tertiary/aromatic N) is 1. The van der Waals surface area contributed by atoms with Gasteiger partial charge in [-0.3, -0.25) is 14.6 Å². The number of hydrogen-bond donors (Lipinski definition) is 2. The Morgan fingerprint density at radius 2 is 1.77 bits per heavy atom. The van der Waals surface area contributed by atoms with Crippen molar-refractivity contribution in [3.63, 3.8) is 0 Å². The first-order valence-corrected chi connectivity index (χ1v) is 9.64. The van der Waals surface area contributed by atoms with Gasteiger partial charge < -0.3 is 20.1 Å². The van der Waals surface area contributed by atoms with Gasteiger partial charge >= 0.3 is 0 Å². The number of pyridine rings is 1. The molecule has 0 fully saturated rings. The molecule has 0 saturated heterocycles. The van der Waals surface area contributed by atoms with Gasteiger partial charge in [-0.05, 0) is 29.8 Å². The van der Waals surface area contributed by atoms with Crippen LogP contribution in [0.1, 0.15) is 15.9 Å². The van der Waals surface area contributed by atoms with Crippen LogP contribution in [0.15, 0.2) is 73.1 Å². The van der Waals surface area contributed by atoms with Gasteiger partial charge in [-0.25, -0.2) is 0 Å². The first-order chi connectivity index (χ1) is 14.7. The highest BCUT2D eigenvalue weighted by molar-refractivity contribution is 6.01. The maximum Gasteiger partial charge on any atom is 0.253 e. The molecule has 0 unspecified atom stereocenters.